The molecular formula is C16H26N2OS. The fourth-order valence-electron chi connectivity index (χ4n) is 1.97. The van der Waals surface area contributed by atoms with Crippen molar-refractivity contribution < 1.29 is 4.79 Å². The molecule has 0 aromatic heterocycles. The molecule has 112 valence electrons. The van der Waals surface area contributed by atoms with Crippen LogP contribution < -0.4 is 11.1 Å². The second-order valence-corrected chi connectivity index (χ2v) is 6.70. The maximum Gasteiger partial charge on any atom is 0.230 e. The van der Waals surface area contributed by atoms with Crippen molar-refractivity contribution in [2.75, 3.05) is 11.5 Å². The van der Waals surface area contributed by atoms with Crippen molar-refractivity contribution in [2.24, 2.45) is 5.92 Å². The molecule has 0 radical (unpaired) electrons. The zero-order valence-corrected chi connectivity index (χ0v) is 13.5. The lowest BCUT2D eigenvalue weighted by atomic mass is 10.0. The van der Waals surface area contributed by atoms with E-state index in [1.54, 1.807) is 0 Å². The molecule has 1 aromatic rings. The van der Waals surface area contributed by atoms with Crippen molar-refractivity contribution in [1.29, 1.82) is 0 Å². The molecule has 0 aliphatic rings. The topological polar surface area (TPSA) is 55.1 Å². The van der Waals surface area contributed by atoms with Gasteiger partial charge in [-0.1, -0.05) is 32.8 Å². The summed E-state index contributed by atoms with van der Waals surface area (Å²) in [6.07, 6.45) is 3.44. The molecule has 1 amide bonds. The Morgan fingerprint density at radius 2 is 2.05 bits per heavy atom. The lowest BCUT2D eigenvalue weighted by Crippen LogP contribution is -2.33. The monoisotopic (exact) mass is 294 g/mol. The van der Waals surface area contributed by atoms with Crippen molar-refractivity contribution >= 4 is 23.4 Å². The number of amides is 1. The van der Waals surface area contributed by atoms with Gasteiger partial charge in [-0.15, -0.1) is 11.8 Å². The maximum atomic E-state index is 11.8. The summed E-state index contributed by atoms with van der Waals surface area (Å²) in [6.45, 7) is 6.53. The van der Waals surface area contributed by atoms with Crippen LogP contribution in [-0.4, -0.2) is 17.7 Å². The van der Waals surface area contributed by atoms with Gasteiger partial charge >= 0.3 is 0 Å². The van der Waals surface area contributed by atoms with Crippen molar-refractivity contribution in [3.8, 4) is 0 Å². The van der Waals surface area contributed by atoms with Gasteiger partial charge in [-0.25, -0.2) is 0 Å². The van der Waals surface area contributed by atoms with E-state index in [-0.39, 0.29) is 11.9 Å². The molecule has 0 saturated heterocycles. The van der Waals surface area contributed by atoms with Crippen LogP contribution in [0.5, 0.6) is 0 Å². The minimum absolute atomic E-state index is 0.0921. The van der Waals surface area contributed by atoms with Gasteiger partial charge in [0.15, 0.2) is 0 Å². The maximum absolute atomic E-state index is 11.8. The summed E-state index contributed by atoms with van der Waals surface area (Å²) in [4.78, 5) is 12.9. The molecule has 0 saturated carbocycles. The molecular weight excluding hydrogens is 268 g/mol. The number of hydrogen-bond donors (Lipinski definition) is 2. The quantitative estimate of drug-likeness (QED) is 0.568. The Kier molecular flexibility index (Phi) is 7.52. The molecule has 1 unspecified atom stereocenters. The molecule has 1 aromatic carbocycles. The Bertz CT molecular complexity index is 421. The number of carbonyl (C=O) groups excluding carboxylic acids is 1. The first-order chi connectivity index (χ1) is 9.47. The van der Waals surface area contributed by atoms with Gasteiger partial charge in [-0.05, 0) is 37.5 Å². The van der Waals surface area contributed by atoms with Crippen LogP contribution in [0.4, 0.5) is 5.69 Å². The molecule has 0 spiro atoms. The Balaban J connectivity index is 2.22. The fourth-order valence-corrected chi connectivity index (χ4v) is 2.75. The van der Waals surface area contributed by atoms with E-state index >= 15 is 0 Å². The van der Waals surface area contributed by atoms with Gasteiger partial charge in [0.2, 0.25) is 5.91 Å². The van der Waals surface area contributed by atoms with Crippen molar-refractivity contribution in [1.82, 2.24) is 5.32 Å². The molecule has 4 heteroatoms. The van der Waals surface area contributed by atoms with Gasteiger partial charge in [0.25, 0.3) is 0 Å². The van der Waals surface area contributed by atoms with Crippen LogP contribution in [0.3, 0.4) is 0 Å². The van der Waals surface area contributed by atoms with Crippen molar-refractivity contribution in [2.45, 2.75) is 51.0 Å². The molecule has 1 rings (SSSR count). The molecule has 1 atom stereocenters. The smallest absolute Gasteiger partial charge is 0.230 e. The van der Waals surface area contributed by atoms with E-state index < -0.39 is 0 Å². The van der Waals surface area contributed by atoms with E-state index in [9.17, 15) is 4.79 Å². The Morgan fingerprint density at radius 3 is 2.70 bits per heavy atom. The minimum atomic E-state index is 0.0921. The highest BCUT2D eigenvalue weighted by atomic mass is 32.2. The molecule has 0 fully saturated rings. The van der Waals surface area contributed by atoms with E-state index in [0.717, 1.165) is 22.9 Å². The highest BCUT2D eigenvalue weighted by Gasteiger charge is 2.08. The van der Waals surface area contributed by atoms with Crippen molar-refractivity contribution in [3.05, 3.63) is 24.3 Å². The normalized spacial score (nSPS) is 12.4. The highest BCUT2D eigenvalue weighted by molar-refractivity contribution is 8.00. The van der Waals surface area contributed by atoms with E-state index in [1.807, 2.05) is 24.3 Å². The number of nitrogen functional groups attached to an aromatic ring is 1. The van der Waals surface area contributed by atoms with Crippen LogP contribution in [0.25, 0.3) is 0 Å². The average molecular weight is 294 g/mol. The van der Waals surface area contributed by atoms with E-state index in [0.29, 0.717) is 5.75 Å². The molecule has 3 N–H and O–H groups in total. The number of anilines is 1. The lowest BCUT2D eigenvalue weighted by molar-refractivity contribution is -0.119. The van der Waals surface area contributed by atoms with Crippen LogP contribution in [0.15, 0.2) is 29.2 Å². The predicted molar refractivity (Wildman–Crippen MR) is 87.9 cm³/mol. The summed E-state index contributed by atoms with van der Waals surface area (Å²) in [7, 11) is 0. The number of nitrogens with two attached hydrogens (primary N) is 1. The average Bonchev–Trinajstić information content (AvgIpc) is 2.36. The first-order valence-electron chi connectivity index (χ1n) is 7.25. The standard InChI is InChI=1S/C16H26N2OS/c1-12(2)6-4-7-13(3)18-16(19)11-20-15-9-5-8-14(17)10-15/h5,8-10,12-13H,4,6-7,11,17H2,1-3H3,(H,18,19). The number of benzene rings is 1. The van der Waals surface area contributed by atoms with Crippen LogP contribution >= 0.6 is 11.8 Å². The summed E-state index contributed by atoms with van der Waals surface area (Å²) in [5, 5.41) is 3.05. The van der Waals surface area contributed by atoms with Gasteiger partial charge < -0.3 is 11.1 Å². The predicted octanol–water partition coefficient (Wildman–Crippen LogP) is 3.69. The zero-order valence-electron chi connectivity index (χ0n) is 12.7. The summed E-state index contributed by atoms with van der Waals surface area (Å²) in [5.74, 6) is 1.27. The Labute approximate surface area is 126 Å². The third-order valence-corrected chi connectivity index (χ3v) is 4.05. The minimum Gasteiger partial charge on any atom is -0.399 e. The summed E-state index contributed by atoms with van der Waals surface area (Å²) in [6, 6.07) is 7.87. The summed E-state index contributed by atoms with van der Waals surface area (Å²) >= 11 is 1.52. The lowest BCUT2D eigenvalue weighted by Gasteiger charge is -2.14. The zero-order chi connectivity index (χ0) is 15.0. The number of carbonyl (C=O) groups is 1. The van der Waals surface area contributed by atoms with Crippen LogP contribution in [-0.2, 0) is 4.79 Å². The third-order valence-electron chi connectivity index (χ3n) is 3.05. The molecule has 20 heavy (non-hydrogen) atoms. The Morgan fingerprint density at radius 1 is 1.30 bits per heavy atom. The first-order valence-corrected chi connectivity index (χ1v) is 8.23. The molecule has 3 nitrogen and oxygen atoms in total. The van der Waals surface area contributed by atoms with E-state index in [4.69, 9.17) is 5.73 Å². The van der Waals surface area contributed by atoms with Crippen LogP contribution in [0.1, 0.15) is 40.0 Å². The number of hydrogen-bond acceptors (Lipinski definition) is 3. The Hall–Kier alpha value is -1.16. The first kappa shape index (κ1) is 16.9. The van der Waals surface area contributed by atoms with Crippen molar-refractivity contribution in [3.63, 3.8) is 0 Å². The molecule has 0 heterocycles. The third kappa shape index (κ3) is 7.43. The summed E-state index contributed by atoms with van der Waals surface area (Å²) in [5.41, 5.74) is 6.44. The van der Waals surface area contributed by atoms with E-state index in [2.05, 4.69) is 26.1 Å². The largest absolute Gasteiger partial charge is 0.399 e. The number of thioether (sulfide) groups is 1. The molecule has 0 aliphatic heterocycles. The fraction of sp³-hybridized carbons (Fsp3) is 0.562. The summed E-state index contributed by atoms with van der Waals surface area (Å²) < 4.78 is 0. The van der Waals surface area contributed by atoms with Crippen LogP contribution in [0, 0.1) is 5.92 Å². The van der Waals surface area contributed by atoms with Gasteiger partial charge in [-0.2, -0.15) is 0 Å². The van der Waals surface area contributed by atoms with E-state index in [1.165, 1.54) is 24.6 Å². The SMILES string of the molecule is CC(C)CCCC(C)NC(=O)CSc1cccc(N)c1. The van der Waals surface area contributed by atoms with Gasteiger partial charge in [0, 0.05) is 16.6 Å². The van der Waals surface area contributed by atoms with Crippen LogP contribution in [0.2, 0.25) is 0 Å². The second kappa shape index (κ2) is 8.90. The number of rotatable bonds is 8. The van der Waals surface area contributed by atoms with Gasteiger partial charge in [0.1, 0.15) is 0 Å². The highest BCUT2D eigenvalue weighted by Crippen LogP contribution is 2.19. The molecule has 0 aliphatic carbocycles. The molecule has 0 bridgehead atoms. The number of nitrogens with one attached hydrogen (secondary N) is 1. The second-order valence-electron chi connectivity index (χ2n) is 5.65. The van der Waals surface area contributed by atoms with Gasteiger partial charge in [-0.3, -0.25) is 4.79 Å². The van der Waals surface area contributed by atoms with Gasteiger partial charge in [0.05, 0.1) is 5.75 Å².